The molecule has 2 aromatic rings. The Balaban J connectivity index is 2.47. The summed E-state index contributed by atoms with van der Waals surface area (Å²) in [6, 6.07) is 2.01. The predicted molar refractivity (Wildman–Crippen MR) is 77.0 cm³/mol. The number of aromatic nitrogens is 4. The molecule has 0 bridgehead atoms. The van der Waals surface area contributed by atoms with Gasteiger partial charge in [-0.05, 0) is 25.3 Å². The van der Waals surface area contributed by atoms with E-state index in [2.05, 4.69) is 35.8 Å². The van der Waals surface area contributed by atoms with Gasteiger partial charge < -0.3 is 0 Å². The first-order valence-electron chi connectivity index (χ1n) is 6.61. The second kappa shape index (κ2) is 5.70. The Hall–Kier alpha value is -1.42. The molecule has 0 aliphatic carbocycles. The second-order valence-corrected chi connectivity index (χ2v) is 5.33. The first-order chi connectivity index (χ1) is 9.02. The van der Waals surface area contributed by atoms with Crippen LogP contribution in [0.4, 0.5) is 0 Å². The summed E-state index contributed by atoms with van der Waals surface area (Å²) in [4.78, 5) is 8.87. The van der Waals surface area contributed by atoms with Gasteiger partial charge in [0, 0.05) is 18.2 Å². The van der Waals surface area contributed by atoms with Crippen molar-refractivity contribution in [2.75, 3.05) is 0 Å². The minimum Gasteiger partial charge on any atom is -0.222 e. The molecule has 5 heteroatoms. The van der Waals surface area contributed by atoms with Gasteiger partial charge >= 0.3 is 0 Å². The SMILES string of the molecule is CCCc1nc(Cl)c(C)c(-n2ccc(C(C)C)n2)n1. The molecule has 0 aromatic carbocycles. The molecular formula is C14H19ClN4. The van der Waals surface area contributed by atoms with Crippen LogP contribution >= 0.6 is 11.6 Å². The highest BCUT2D eigenvalue weighted by atomic mass is 35.5. The van der Waals surface area contributed by atoms with E-state index in [0.29, 0.717) is 11.1 Å². The van der Waals surface area contributed by atoms with E-state index in [1.165, 1.54) is 0 Å². The molecule has 0 aliphatic heterocycles. The van der Waals surface area contributed by atoms with E-state index in [-0.39, 0.29) is 0 Å². The number of hydrogen-bond donors (Lipinski definition) is 0. The topological polar surface area (TPSA) is 43.6 Å². The van der Waals surface area contributed by atoms with Gasteiger partial charge in [0.2, 0.25) is 0 Å². The second-order valence-electron chi connectivity index (χ2n) is 4.97. The van der Waals surface area contributed by atoms with Gasteiger partial charge in [0.15, 0.2) is 5.82 Å². The number of rotatable bonds is 4. The van der Waals surface area contributed by atoms with Crippen LogP contribution in [-0.4, -0.2) is 19.7 Å². The molecule has 102 valence electrons. The molecule has 0 unspecified atom stereocenters. The van der Waals surface area contributed by atoms with Crippen molar-refractivity contribution in [3.05, 3.63) is 34.5 Å². The van der Waals surface area contributed by atoms with Gasteiger partial charge in [-0.25, -0.2) is 14.6 Å². The Morgan fingerprint density at radius 2 is 2.05 bits per heavy atom. The minimum atomic E-state index is 0.397. The molecule has 0 radical (unpaired) electrons. The van der Waals surface area contributed by atoms with Crippen molar-refractivity contribution in [3.63, 3.8) is 0 Å². The lowest BCUT2D eigenvalue weighted by atomic mass is 10.1. The van der Waals surface area contributed by atoms with Gasteiger partial charge in [0.25, 0.3) is 0 Å². The molecule has 4 nitrogen and oxygen atoms in total. The summed E-state index contributed by atoms with van der Waals surface area (Å²) >= 11 is 6.18. The quantitative estimate of drug-likeness (QED) is 0.801. The monoisotopic (exact) mass is 278 g/mol. The molecule has 0 amide bonds. The molecule has 0 atom stereocenters. The van der Waals surface area contributed by atoms with Crippen molar-refractivity contribution in [2.45, 2.75) is 46.5 Å². The van der Waals surface area contributed by atoms with Gasteiger partial charge in [-0.1, -0.05) is 32.4 Å². The maximum Gasteiger partial charge on any atom is 0.161 e. The van der Waals surface area contributed by atoms with Crippen LogP contribution in [0.3, 0.4) is 0 Å². The van der Waals surface area contributed by atoms with Crippen molar-refractivity contribution >= 4 is 11.6 Å². The van der Waals surface area contributed by atoms with E-state index in [0.717, 1.165) is 35.7 Å². The smallest absolute Gasteiger partial charge is 0.161 e. The highest BCUT2D eigenvalue weighted by molar-refractivity contribution is 6.30. The summed E-state index contributed by atoms with van der Waals surface area (Å²) in [5.74, 6) is 1.94. The van der Waals surface area contributed by atoms with Crippen LogP contribution in [-0.2, 0) is 6.42 Å². The molecule has 0 fully saturated rings. The van der Waals surface area contributed by atoms with Gasteiger partial charge in [-0.3, -0.25) is 0 Å². The Bertz CT molecular complexity index is 575. The van der Waals surface area contributed by atoms with E-state index in [9.17, 15) is 0 Å². The molecule has 2 rings (SSSR count). The molecule has 2 heterocycles. The minimum absolute atomic E-state index is 0.397. The fourth-order valence-electron chi connectivity index (χ4n) is 1.84. The summed E-state index contributed by atoms with van der Waals surface area (Å²) in [6.07, 6.45) is 3.75. The molecule has 0 saturated heterocycles. The molecule has 0 aliphatic rings. The third-order valence-electron chi connectivity index (χ3n) is 3.00. The van der Waals surface area contributed by atoms with E-state index in [1.54, 1.807) is 4.68 Å². The van der Waals surface area contributed by atoms with E-state index >= 15 is 0 Å². The van der Waals surface area contributed by atoms with Crippen molar-refractivity contribution in [1.82, 2.24) is 19.7 Å². The summed E-state index contributed by atoms with van der Waals surface area (Å²) in [5, 5.41) is 5.06. The third-order valence-corrected chi connectivity index (χ3v) is 3.37. The average molecular weight is 279 g/mol. The van der Waals surface area contributed by atoms with Crippen LogP contribution in [0.1, 0.15) is 50.2 Å². The molecule has 0 saturated carbocycles. The molecule has 2 aromatic heterocycles. The van der Waals surface area contributed by atoms with Crippen molar-refractivity contribution < 1.29 is 0 Å². The van der Waals surface area contributed by atoms with Crippen LogP contribution in [0.5, 0.6) is 0 Å². The largest absolute Gasteiger partial charge is 0.222 e. The lowest BCUT2D eigenvalue weighted by Crippen LogP contribution is -2.07. The maximum absolute atomic E-state index is 6.18. The van der Waals surface area contributed by atoms with Gasteiger partial charge in [-0.2, -0.15) is 5.10 Å². The van der Waals surface area contributed by atoms with Crippen molar-refractivity contribution in [3.8, 4) is 5.82 Å². The zero-order chi connectivity index (χ0) is 14.0. The normalized spacial score (nSPS) is 11.3. The van der Waals surface area contributed by atoms with Crippen LogP contribution in [0.2, 0.25) is 5.15 Å². The van der Waals surface area contributed by atoms with Crippen molar-refractivity contribution in [2.24, 2.45) is 0 Å². The molecule has 19 heavy (non-hydrogen) atoms. The standard InChI is InChI=1S/C14H19ClN4/c1-5-6-12-16-13(15)10(4)14(17-12)19-8-7-11(18-19)9(2)3/h7-9H,5-6H2,1-4H3. The average Bonchev–Trinajstić information content (AvgIpc) is 2.83. The van der Waals surface area contributed by atoms with Gasteiger partial charge in [-0.15, -0.1) is 0 Å². The van der Waals surface area contributed by atoms with Crippen LogP contribution < -0.4 is 0 Å². The highest BCUT2D eigenvalue weighted by Crippen LogP contribution is 2.20. The van der Waals surface area contributed by atoms with Crippen LogP contribution in [0, 0.1) is 6.92 Å². The lowest BCUT2D eigenvalue weighted by Gasteiger charge is -2.09. The first-order valence-corrected chi connectivity index (χ1v) is 6.99. The van der Waals surface area contributed by atoms with Crippen LogP contribution in [0.25, 0.3) is 5.82 Å². The number of hydrogen-bond acceptors (Lipinski definition) is 3. The van der Waals surface area contributed by atoms with Crippen molar-refractivity contribution in [1.29, 1.82) is 0 Å². The molecule has 0 N–H and O–H groups in total. The van der Waals surface area contributed by atoms with E-state index in [4.69, 9.17) is 11.6 Å². The summed E-state index contributed by atoms with van der Waals surface area (Å²) in [7, 11) is 0. The number of aryl methyl sites for hydroxylation is 1. The Kier molecular flexibility index (Phi) is 4.20. The van der Waals surface area contributed by atoms with Crippen LogP contribution in [0.15, 0.2) is 12.3 Å². The third kappa shape index (κ3) is 2.95. The fraction of sp³-hybridized carbons (Fsp3) is 0.500. The summed E-state index contributed by atoms with van der Waals surface area (Å²) in [5.41, 5.74) is 1.91. The lowest BCUT2D eigenvalue weighted by molar-refractivity contribution is 0.738. The maximum atomic E-state index is 6.18. The molecular weight excluding hydrogens is 260 g/mol. The Labute approximate surface area is 118 Å². The Morgan fingerprint density at radius 3 is 2.63 bits per heavy atom. The zero-order valence-electron chi connectivity index (χ0n) is 11.8. The van der Waals surface area contributed by atoms with Gasteiger partial charge in [0.05, 0.1) is 5.69 Å². The van der Waals surface area contributed by atoms with E-state index in [1.807, 2.05) is 19.2 Å². The summed E-state index contributed by atoms with van der Waals surface area (Å²) in [6.45, 7) is 8.26. The summed E-state index contributed by atoms with van der Waals surface area (Å²) < 4.78 is 1.79. The first kappa shape index (κ1) is 14.0. The highest BCUT2D eigenvalue weighted by Gasteiger charge is 2.13. The fourth-order valence-corrected chi connectivity index (χ4v) is 2.02. The Morgan fingerprint density at radius 1 is 1.32 bits per heavy atom. The predicted octanol–water partition coefficient (Wildman–Crippen LogP) is 3.70. The zero-order valence-corrected chi connectivity index (χ0v) is 12.6. The number of halogens is 1. The molecule has 0 spiro atoms. The van der Waals surface area contributed by atoms with Gasteiger partial charge in [0.1, 0.15) is 11.0 Å². The van der Waals surface area contributed by atoms with E-state index < -0.39 is 0 Å². The number of nitrogens with zero attached hydrogens (tertiary/aromatic N) is 4.